The summed E-state index contributed by atoms with van der Waals surface area (Å²) in [6.07, 6.45) is 0.0104. The number of ether oxygens (including phenoxy) is 3. The largest absolute Gasteiger partial charge is 0.488 e. The third kappa shape index (κ3) is 6.59. The first-order valence-electron chi connectivity index (χ1n) is 9.98. The maximum Gasteiger partial charge on any atom is 0.306 e. The van der Waals surface area contributed by atoms with Crippen LogP contribution in [0.3, 0.4) is 0 Å². The molecule has 5 nitrogen and oxygen atoms in total. The van der Waals surface area contributed by atoms with Gasteiger partial charge in [-0.05, 0) is 42.8 Å². The molecule has 0 fully saturated rings. The van der Waals surface area contributed by atoms with Gasteiger partial charge in [0, 0.05) is 6.42 Å². The fourth-order valence-electron chi connectivity index (χ4n) is 2.89. The van der Waals surface area contributed by atoms with Gasteiger partial charge in [-0.15, -0.1) is 0 Å². The van der Waals surface area contributed by atoms with E-state index in [4.69, 9.17) is 25.8 Å². The summed E-state index contributed by atoms with van der Waals surface area (Å²) in [6.45, 7) is 2.31. The van der Waals surface area contributed by atoms with Crippen LogP contribution in [0.1, 0.15) is 35.7 Å². The lowest BCUT2D eigenvalue weighted by atomic mass is 10.0. The van der Waals surface area contributed by atoms with E-state index in [-0.39, 0.29) is 25.2 Å². The van der Waals surface area contributed by atoms with Crippen molar-refractivity contribution in [1.29, 1.82) is 0 Å². The molecule has 0 aliphatic carbocycles. The minimum Gasteiger partial charge on any atom is -0.488 e. The number of carbonyl (C=O) groups is 2. The number of Topliss-reactive ketones (excluding diaryl/α,β-unsaturated/α-hetero) is 1. The van der Waals surface area contributed by atoms with E-state index in [1.807, 2.05) is 36.4 Å². The summed E-state index contributed by atoms with van der Waals surface area (Å²) in [6, 6.07) is 21.7. The van der Waals surface area contributed by atoms with Crippen LogP contribution in [-0.4, -0.2) is 18.4 Å². The van der Waals surface area contributed by atoms with Crippen molar-refractivity contribution in [1.82, 2.24) is 0 Å². The van der Waals surface area contributed by atoms with E-state index in [1.165, 1.54) is 0 Å². The first kappa shape index (κ1) is 22.4. The summed E-state index contributed by atoms with van der Waals surface area (Å²) < 4.78 is 16.7. The molecule has 0 amide bonds. The van der Waals surface area contributed by atoms with Gasteiger partial charge in [0.05, 0.1) is 23.6 Å². The average Bonchev–Trinajstić information content (AvgIpc) is 2.79. The maximum atomic E-state index is 12.9. The molecule has 0 aliphatic heterocycles. The van der Waals surface area contributed by atoms with Crippen LogP contribution in [0.4, 0.5) is 0 Å². The van der Waals surface area contributed by atoms with E-state index in [0.29, 0.717) is 34.4 Å². The molecule has 0 saturated heterocycles. The number of esters is 1. The third-order valence-electron chi connectivity index (χ3n) is 4.41. The highest BCUT2D eigenvalue weighted by Gasteiger charge is 2.17. The second-order valence-electron chi connectivity index (χ2n) is 6.69. The van der Waals surface area contributed by atoms with Crippen LogP contribution in [-0.2, 0) is 16.1 Å². The molecule has 0 heterocycles. The normalized spacial score (nSPS) is 10.4. The monoisotopic (exact) mass is 438 g/mol. The van der Waals surface area contributed by atoms with Crippen molar-refractivity contribution in [2.45, 2.75) is 26.4 Å². The van der Waals surface area contributed by atoms with Gasteiger partial charge in [0.2, 0.25) is 0 Å². The first-order chi connectivity index (χ1) is 15.1. The van der Waals surface area contributed by atoms with Crippen LogP contribution < -0.4 is 9.47 Å². The van der Waals surface area contributed by atoms with E-state index < -0.39 is 5.97 Å². The summed E-state index contributed by atoms with van der Waals surface area (Å²) in [5.74, 6) is 0.697. The maximum absolute atomic E-state index is 12.9. The zero-order chi connectivity index (χ0) is 22.1. The molecule has 3 aromatic carbocycles. The van der Waals surface area contributed by atoms with Gasteiger partial charge >= 0.3 is 5.97 Å². The Labute approximate surface area is 186 Å². The minimum absolute atomic E-state index is 0.000394. The first-order valence-corrected chi connectivity index (χ1v) is 10.4. The number of ketones is 1. The van der Waals surface area contributed by atoms with Crippen molar-refractivity contribution < 1.29 is 23.8 Å². The number of hydrogen-bond donors (Lipinski definition) is 0. The highest BCUT2D eigenvalue weighted by atomic mass is 35.5. The molecule has 0 atom stereocenters. The molecule has 0 bridgehead atoms. The van der Waals surface area contributed by atoms with Crippen molar-refractivity contribution in [3.63, 3.8) is 0 Å². The molecule has 0 radical (unpaired) electrons. The Kier molecular flexibility index (Phi) is 8.07. The summed E-state index contributed by atoms with van der Waals surface area (Å²) in [7, 11) is 0. The predicted octanol–water partition coefficient (Wildman–Crippen LogP) is 6.24. The highest BCUT2D eigenvalue weighted by Crippen LogP contribution is 2.32. The molecule has 6 heteroatoms. The molecular weight excluding hydrogens is 416 g/mol. The number of benzene rings is 3. The fourth-order valence-corrected chi connectivity index (χ4v) is 3.06. The van der Waals surface area contributed by atoms with Crippen LogP contribution in [0.15, 0.2) is 72.8 Å². The molecule has 0 saturated carbocycles. The van der Waals surface area contributed by atoms with E-state index in [2.05, 4.69) is 0 Å². The molecule has 31 heavy (non-hydrogen) atoms. The van der Waals surface area contributed by atoms with Gasteiger partial charge in [0.15, 0.2) is 5.78 Å². The number of halogens is 1. The second kappa shape index (κ2) is 11.2. The van der Waals surface area contributed by atoms with Crippen molar-refractivity contribution in [3.8, 4) is 17.2 Å². The van der Waals surface area contributed by atoms with Crippen LogP contribution >= 0.6 is 11.6 Å². The predicted molar refractivity (Wildman–Crippen MR) is 119 cm³/mol. The van der Waals surface area contributed by atoms with E-state index in [9.17, 15) is 9.59 Å². The van der Waals surface area contributed by atoms with Gasteiger partial charge in [-0.25, -0.2) is 0 Å². The molecular formula is C25H23ClO5. The molecule has 160 valence electrons. The molecule has 0 unspecified atom stereocenters. The Bertz CT molecular complexity index is 1030. The summed E-state index contributed by atoms with van der Waals surface area (Å²) in [4.78, 5) is 24.6. The van der Waals surface area contributed by atoms with Gasteiger partial charge in [-0.1, -0.05) is 54.1 Å². The van der Waals surface area contributed by atoms with Gasteiger partial charge < -0.3 is 14.2 Å². The third-order valence-corrected chi connectivity index (χ3v) is 4.73. The van der Waals surface area contributed by atoms with Crippen LogP contribution in [0.25, 0.3) is 0 Å². The lowest BCUT2D eigenvalue weighted by Crippen LogP contribution is -2.09. The van der Waals surface area contributed by atoms with Gasteiger partial charge in [-0.2, -0.15) is 0 Å². The fraction of sp³-hybridized carbons (Fsp3) is 0.200. The highest BCUT2D eigenvalue weighted by molar-refractivity contribution is 6.32. The number of hydrogen-bond acceptors (Lipinski definition) is 5. The van der Waals surface area contributed by atoms with E-state index >= 15 is 0 Å². The lowest BCUT2D eigenvalue weighted by molar-refractivity contribution is -0.143. The Morgan fingerprint density at radius 2 is 1.61 bits per heavy atom. The molecule has 0 aliphatic rings. The van der Waals surface area contributed by atoms with Crippen molar-refractivity contribution in [3.05, 3.63) is 88.9 Å². The minimum atomic E-state index is -0.411. The summed E-state index contributed by atoms with van der Waals surface area (Å²) in [5.41, 5.74) is 1.31. The zero-order valence-corrected chi connectivity index (χ0v) is 17.9. The van der Waals surface area contributed by atoms with E-state index in [1.54, 1.807) is 43.3 Å². The van der Waals surface area contributed by atoms with Gasteiger partial charge in [-0.3, -0.25) is 9.59 Å². The standard InChI is InChI=1S/C25H23ClO5/c1-2-29-25(28)15-13-22(27)20-16-19(31-24-11-7-6-10-21(24)26)12-14-23(20)30-17-18-8-4-3-5-9-18/h3-12,14,16H,2,13,15,17H2,1H3. The van der Waals surface area contributed by atoms with E-state index in [0.717, 1.165) is 5.56 Å². The summed E-state index contributed by atoms with van der Waals surface area (Å²) >= 11 is 6.17. The second-order valence-corrected chi connectivity index (χ2v) is 7.10. The van der Waals surface area contributed by atoms with Crippen molar-refractivity contribution >= 4 is 23.4 Å². The zero-order valence-electron chi connectivity index (χ0n) is 17.2. The average molecular weight is 439 g/mol. The van der Waals surface area contributed by atoms with Crippen LogP contribution in [0.2, 0.25) is 5.02 Å². The van der Waals surface area contributed by atoms with Crippen LogP contribution in [0.5, 0.6) is 17.2 Å². The van der Waals surface area contributed by atoms with Crippen molar-refractivity contribution in [2.24, 2.45) is 0 Å². The van der Waals surface area contributed by atoms with Crippen LogP contribution in [0, 0.1) is 0 Å². The Balaban J connectivity index is 1.81. The van der Waals surface area contributed by atoms with Gasteiger partial charge in [0.1, 0.15) is 23.9 Å². The number of para-hydroxylation sites is 1. The number of rotatable bonds is 10. The Hall–Kier alpha value is -3.31. The molecule has 0 aromatic heterocycles. The quantitative estimate of drug-likeness (QED) is 0.277. The lowest BCUT2D eigenvalue weighted by Gasteiger charge is -2.14. The molecule has 0 N–H and O–H groups in total. The SMILES string of the molecule is CCOC(=O)CCC(=O)c1cc(Oc2ccccc2Cl)ccc1OCc1ccccc1. The molecule has 3 aromatic rings. The topological polar surface area (TPSA) is 61.8 Å². The molecule has 3 rings (SSSR count). The smallest absolute Gasteiger partial charge is 0.306 e. The number of carbonyl (C=O) groups excluding carboxylic acids is 2. The molecule has 0 spiro atoms. The summed E-state index contributed by atoms with van der Waals surface area (Å²) in [5, 5.41) is 0.460. The van der Waals surface area contributed by atoms with Crippen molar-refractivity contribution in [2.75, 3.05) is 6.61 Å². The van der Waals surface area contributed by atoms with Gasteiger partial charge in [0.25, 0.3) is 0 Å². The Morgan fingerprint density at radius 3 is 2.35 bits per heavy atom. The Morgan fingerprint density at radius 1 is 0.871 bits per heavy atom.